The Morgan fingerprint density at radius 3 is 2.74 bits per heavy atom. The van der Waals surface area contributed by atoms with Crippen molar-refractivity contribution in [2.24, 2.45) is 0 Å². The topological polar surface area (TPSA) is 93.5 Å². The van der Waals surface area contributed by atoms with Gasteiger partial charge in [0.25, 0.3) is 0 Å². The predicted octanol–water partition coefficient (Wildman–Crippen LogP) is 2.85. The van der Waals surface area contributed by atoms with Crippen LogP contribution in [0.1, 0.15) is 39.0 Å². The van der Waals surface area contributed by atoms with E-state index in [1.165, 1.54) is 6.42 Å². The molecule has 0 aromatic heterocycles. The van der Waals surface area contributed by atoms with Crippen molar-refractivity contribution >= 4 is 17.3 Å². The molecule has 23 heavy (non-hydrogen) atoms. The Morgan fingerprint density at radius 1 is 1.35 bits per heavy atom. The molecule has 0 heterocycles. The molecule has 2 N–H and O–H groups in total. The number of para-hydroxylation sites is 1. The van der Waals surface area contributed by atoms with Crippen LogP contribution in [-0.4, -0.2) is 30.0 Å². The van der Waals surface area contributed by atoms with E-state index in [-0.39, 0.29) is 29.9 Å². The summed E-state index contributed by atoms with van der Waals surface area (Å²) in [6, 6.07) is 5.02. The fourth-order valence-electron chi connectivity index (χ4n) is 2.83. The molecule has 7 nitrogen and oxygen atoms in total. The van der Waals surface area contributed by atoms with Gasteiger partial charge >= 0.3 is 5.69 Å². The minimum Gasteiger partial charge on any atom is -0.487 e. The average Bonchev–Trinajstić information content (AvgIpc) is 2.54. The Balaban J connectivity index is 1.97. The number of nitro groups is 1. The van der Waals surface area contributed by atoms with Crippen LogP contribution in [0.2, 0.25) is 0 Å². The molecule has 0 atom stereocenters. The second-order valence-corrected chi connectivity index (χ2v) is 5.60. The maximum absolute atomic E-state index is 12.0. The van der Waals surface area contributed by atoms with Crippen molar-refractivity contribution in [3.8, 4) is 5.75 Å². The van der Waals surface area contributed by atoms with Crippen molar-refractivity contribution in [3.63, 3.8) is 0 Å². The van der Waals surface area contributed by atoms with Crippen LogP contribution in [0.5, 0.6) is 5.75 Å². The maximum Gasteiger partial charge on any atom is 0.333 e. The van der Waals surface area contributed by atoms with Crippen molar-refractivity contribution in [1.29, 1.82) is 0 Å². The number of nitrogens with one attached hydrogen (secondary N) is 2. The molecule has 0 radical (unpaired) electrons. The zero-order valence-corrected chi connectivity index (χ0v) is 13.3. The molecule has 7 heteroatoms. The van der Waals surface area contributed by atoms with Gasteiger partial charge in [-0.25, -0.2) is 0 Å². The van der Waals surface area contributed by atoms with Crippen LogP contribution in [0.25, 0.3) is 0 Å². The van der Waals surface area contributed by atoms with Crippen molar-refractivity contribution in [2.45, 2.75) is 45.1 Å². The monoisotopic (exact) mass is 321 g/mol. The molecule has 126 valence electrons. The minimum absolute atomic E-state index is 0.00686. The van der Waals surface area contributed by atoms with Crippen LogP contribution in [0.3, 0.4) is 0 Å². The van der Waals surface area contributed by atoms with Crippen LogP contribution in [0.4, 0.5) is 11.4 Å². The van der Waals surface area contributed by atoms with E-state index in [9.17, 15) is 14.9 Å². The van der Waals surface area contributed by atoms with Gasteiger partial charge in [-0.05, 0) is 31.9 Å². The zero-order chi connectivity index (χ0) is 16.7. The molecule has 1 aromatic rings. The normalized spacial score (nSPS) is 15.0. The highest BCUT2D eigenvalue weighted by molar-refractivity contribution is 5.82. The molecule has 1 amide bonds. The molecule has 1 saturated carbocycles. The fraction of sp³-hybridized carbons (Fsp3) is 0.562. The summed E-state index contributed by atoms with van der Waals surface area (Å²) in [5.74, 6) is 0.0585. The summed E-state index contributed by atoms with van der Waals surface area (Å²) >= 11 is 0. The van der Waals surface area contributed by atoms with Gasteiger partial charge in [0.05, 0.1) is 18.1 Å². The predicted molar refractivity (Wildman–Crippen MR) is 87.8 cm³/mol. The van der Waals surface area contributed by atoms with E-state index in [0.29, 0.717) is 12.3 Å². The number of hydrogen-bond acceptors (Lipinski definition) is 5. The number of ether oxygens (including phenoxy) is 1. The lowest BCUT2D eigenvalue weighted by atomic mass is 9.95. The highest BCUT2D eigenvalue weighted by atomic mass is 16.6. The Bertz CT molecular complexity index is 556. The number of anilines is 1. The van der Waals surface area contributed by atoms with E-state index in [1.807, 2.05) is 0 Å². The Hall–Kier alpha value is -2.31. The van der Waals surface area contributed by atoms with Gasteiger partial charge in [0.2, 0.25) is 5.91 Å². The van der Waals surface area contributed by atoms with E-state index in [4.69, 9.17) is 4.74 Å². The molecule has 2 rings (SSSR count). The van der Waals surface area contributed by atoms with Crippen molar-refractivity contribution < 1.29 is 14.5 Å². The molecular formula is C16H23N3O4. The number of carbonyl (C=O) groups is 1. The largest absolute Gasteiger partial charge is 0.487 e. The molecule has 0 bridgehead atoms. The van der Waals surface area contributed by atoms with Crippen LogP contribution in [0, 0.1) is 10.1 Å². The van der Waals surface area contributed by atoms with Gasteiger partial charge in [0, 0.05) is 6.04 Å². The smallest absolute Gasteiger partial charge is 0.333 e. The minimum atomic E-state index is -0.494. The van der Waals surface area contributed by atoms with Gasteiger partial charge in [-0.1, -0.05) is 25.3 Å². The van der Waals surface area contributed by atoms with Gasteiger partial charge in [0.15, 0.2) is 5.75 Å². The van der Waals surface area contributed by atoms with Gasteiger partial charge in [-0.15, -0.1) is 0 Å². The molecule has 1 fully saturated rings. The molecule has 0 aliphatic heterocycles. The van der Waals surface area contributed by atoms with Gasteiger partial charge in [-0.3, -0.25) is 14.9 Å². The van der Waals surface area contributed by atoms with Crippen molar-refractivity contribution in [3.05, 3.63) is 28.3 Å². The number of nitrogens with zero attached hydrogens (tertiary/aromatic N) is 1. The number of amides is 1. The van der Waals surface area contributed by atoms with E-state index >= 15 is 0 Å². The van der Waals surface area contributed by atoms with Gasteiger partial charge < -0.3 is 15.4 Å². The lowest BCUT2D eigenvalue weighted by Gasteiger charge is -2.22. The second-order valence-electron chi connectivity index (χ2n) is 5.60. The highest BCUT2D eigenvalue weighted by Crippen LogP contribution is 2.34. The van der Waals surface area contributed by atoms with Gasteiger partial charge in [0.1, 0.15) is 5.69 Å². The molecule has 0 spiro atoms. The van der Waals surface area contributed by atoms with Crippen LogP contribution in [0.15, 0.2) is 18.2 Å². The standard InChI is InChI=1S/C16H23N3O4/c1-2-23-14-10-6-9-13(16(14)19(21)22)17-11-15(20)18-12-7-4-3-5-8-12/h6,9-10,12,17H,2-5,7-8,11H2,1H3,(H,18,20). The Morgan fingerprint density at radius 2 is 2.09 bits per heavy atom. The number of benzene rings is 1. The Labute approximate surface area is 135 Å². The first-order chi connectivity index (χ1) is 11.1. The molecule has 1 aliphatic rings. The first-order valence-corrected chi connectivity index (χ1v) is 8.05. The fourth-order valence-corrected chi connectivity index (χ4v) is 2.83. The van der Waals surface area contributed by atoms with Crippen LogP contribution in [-0.2, 0) is 4.79 Å². The number of rotatable bonds is 7. The lowest BCUT2D eigenvalue weighted by molar-refractivity contribution is -0.384. The molecular weight excluding hydrogens is 298 g/mol. The molecule has 1 aliphatic carbocycles. The summed E-state index contributed by atoms with van der Waals surface area (Å²) < 4.78 is 5.29. The van der Waals surface area contributed by atoms with Crippen LogP contribution >= 0.6 is 0 Å². The number of hydrogen-bond donors (Lipinski definition) is 2. The third-order valence-corrected chi connectivity index (χ3v) is 3.89. The third kappa shape index (κ3) is 4.84. The number of nitro benzene ring substituents is 1. The maximum atomic E-state index is 12.0. The summed E-state index contributed by atoms with van der Waals surface area (Å²) in [4.78, 5) is 22.8. The molecule has 1 aromatic carbocycles. The summed E-state index contributed by atoms with van der Waals surface area (Å²) in [6.07, 6.45) is 5.51. The van der Waals surface area contributed by atoms with E-state index in [2.05, 4.69) is 10.6 Å². The number of carbonyl (C=O) groups excluding carboxylic acids is 1. The zero-order valence-electron chi connectivity index (χ0n) is 13.3. The van der Waals surface area contributed by atoms with Gasteiger partial charge in [-0.2, -0.15) is 0 Å². The van der Waals surface area contributed by atoms with Crippen LogP contribution < -0.4 is 15.4 Å². The van der Waals surface area contributed by atoms with E-state index < -0.39 is 4.92 Å². The molecule has 0 saturated heterocycles. The second kappa shape index (κ2) is 8.36. The lowest BCUT2D eigenvalue weighted by Crippen LogP contribution is -2.39. The Kier molecular flexibility index (Phi) is 6.19. The SMILES string of the molecule is CCOc1cccc(NCC(=O)NC2CCCCC2)c1[N+](=O)[O-]. The third-order valence-electron chi connectivity index (χ3n) is 3.89. The summed E-state index contributed by atoms with van der Waals surface area (Å²) in [7, 11) is 0. The van der Waals surface area contributed by atoms with Crippen molar-refractivity contribution in [1.82, 2.24) is 5.32 Å². The first-order valence-electron chi connectivity index (χ1n) is 8.05. The quantitative estimate of drug-likeness (QED) is 0.595. The summed E-state index contributed by atoms with van der Waals surface area (Å²) in [5, 5.41) is 17.1. The summed E-state index contributed by atoms with van der Waals surface area (Å²) in [6.45, 7) is 2.11. The summed E-state index contributed by atoms with van der Waals surface area (Å²) in [5.41, 5.74) is 0.152. The first kappa shape index (κ1) is 17.1. The highest BCUT2D eigenvalue weighted by Gasteiger charge is 2.22. The van der Waals surface area contributed by atoms with Crippen molar-refractivity contribution in [2.75, 3.05) is 18.5 Å². The molecule has 0 unspecified atom stereocenters. The average molecular weight is 321 g/mol. The van der Waals surface area contributed by atoms with E-state index in [0.717, 1.165) is 25.7 Å². The van der Waals surface area contributed by atoms with E-state index in [1.54, 1.807) is 25.1 Å².